The van der Waals surface area contributed by atoms with E-state index < -0.39 is 0 Å². The molecule has 0 aliphatic heterocycles. The minimum atomic E-state index is -0.133. The van der Waals surface area contributed by atoms with E-state index in [1.165, 1.54) is 57.8 Å². The first-order valence-electron chi connectivity index (χ1n) is 14.1. The Kier molecular flexibility index (Phi) is 7.23. The van der Waals surface area contributed by atoms with Crippen molar-refractivity contribution in [3.8, 4) is 0 Å². The summed E-state index contributed by atoms with van der Waals surface area (Å²) < 4.78 is 0. The Bertz CT molecular complexity index is 752. The van der Waals surface area contributed by atoms with E-state index in [2.05, 4.69) is 48.5 Å². The van der Waals surface area contributed by atoms with E-state index in [0.717, 1.165) is 24.2 Å². The van der Waals surface area contributed by atoms with Gasteiger partial charge in [0.2, 0.25) is 0 Å². The molecule has 0 amide bonds. The van der Waals surface area contributed by atoms with Gasteiger partial charge < -0.3 is 10.2 Å². The maximum Gasteiger partial charge on any atom is 0.0594 e. The summed E-state index contributed by atoms with van der Waals surface area (Å²) in [6, 6.07) is 0. The van der Waals surface area contributed by atoms with Crippen LogP contribution in [-0.4, -0.2) is 22.9 Å². The minimum absolute atomic E-state index is 0. The van der Waals surface area contributed by atoms with Crippen molar-refractivity contribution in [2.75, 3.05) is 6.61 Å². The van der Waals surface area contributed by atoms with Crippen LogP contribution in [-0.2, 0) is 0 Å². The second-order valence-electron chi connectivity index (χ2n) is 15.1. The Labute approximate surface area is 240 Å². The SMILES string of the molecule is CC(CO)[C@@H]1CC[C@]2(C)CC[C@]3(C)[C@H](CC[C@@H]4[C@@]5(C)CC[C@H](O)C(C)(C)[C@@H]5CC[C@]43C)[C@@H]12.[Ac]. The Balaban J connectivity index is 0.00000259. The zero-order valence-electron chi connectivity index (χ0n) is 22.8. The summed E-state index contributed by atoms with van der Waals surface area (Å²) in [7, 11) is 0. The first-order valence-corrected chi connectivity index (χ1v) is 14.1. The van der Waals surface area contributed by atoms with Crippen molar-refractivity contribution in [3.63, 3.8) is 0 Å². The Hall–Kier alpha value is 1.36. The molecule has 11 atom stereocenters. The molecule has 5 aliphatic carbocycles. The predicted molar refractivity (Wildman–Crippen MR) is 132 cm³/mol. The number of aliphatic hydroxyl groups is 2. The van der Waals surface area contributed by atoms with Crippen LogP contribution < -0.4 is 0 Å². The van der Waals surface area contributed by atoms with E-state index in [0.29, 0.717) is 46.0 Å². The third kappa shape index (κ3) is 3.53. The molecule has 0 spiro atoms. The van der Waals surface area contributed by atoms with Gasteiger partial charge in [0.25, 0.3) is 0 Å². The zero-order chi connectivity index (χ0) is 23.3. The van der Waals surface area contributed by atoms with Crippen LogP contribution in [0.25, 0.3) is 0 Å². The summed E-state index contributed by atoms with van der Waals surface area (Å²) >= 11 is 0. The van der Waals surface area contributed by atoms with Gasteiger partial charge in [0.15, 0.2) is 0 Å². The van der Waals surface area contributed by atoms with Crippen LogP contribution in [0.2, 0.25) is 0 Å². The molecule has 0 aromatic rings. The van der Waals surface area contributed by atoms with E-state index in [9.17, 15) is 10.2 Å². The van der Waals surface area contributed by atoms with E-state index >= 15 is 0 Å². The molecule has 1 unspecified atom stereocenters. The third-order valence-corrected chi connectivity index (χ3v) is 13.9. The first-order chi connectivity index (χ1) is 14.8. The van der Waals surface area contributed by atoms with Crippen LogP contribution >= 0.6 is 0 Å². The summed E-state index contributed by atoms with van der Waals surface area (Å²) in [6.07, 6.45) is 13.0. The van der Waals surface area contributed by atoms with Gasteiger partial charge in [-0.15, -0.1) is 0 Å². The molecule has 0 heterocycles. The Morgan fingerprint density at radius 3 is 2.12 bits per heavy atom. The average molecular weight is 672 g/mol. The standard InChI is InChI=1S/C30H52O2.Ac/c1-19(18-31)20-10-13-27(4)16-17-29(6)21(25(20)27)8-9-23-28(5)14-12-24(32)26(2,3)22(28)11-15-30(23,29)7;/h19-25,31-32H,8-18H2,1-7H3;/t19?,20-,21+,22-,23+,24-,25+,27+,28-,29+,30+;/m0./s1. The molecule has 0 saturated heterocycles. The summed E-state index contributed by atoms with van der Waals surface area (Å²) in [5.41, 5.74) is 1.75. The molecule has 1 radical (unpaired) electrons. The molecule has 5 aliphatic rings. The van der Waals surface area contributed by atoms with Crippen LogP contribution in [0.15, 0.2) is 0 Å². The fraction of sp³-hybridized carbons (Fsp3) is 1.00. The summed E-state index contributed by atoms with van der Waals surface area (Å²) in [4.78, 5) is 0. The van der Waals surface area contributed by atoms with E-state index in [-0.39, 0.29) is 55.6 Å². The third-order valence-electron chi connectivity index (χ3n) is 13.9. The van der Waals surface area contributed by atoms with Gasteiger partial charge in [-0.05, 0) is 127 Å². The van der Waals surface area contributed by atoms with Gasteiger partial charge in [0, 0.05) is 50.7 Å². The molecule has 33 heavy (non-hydrogen) atoms. The fourth-order valence-electron chi connectivity index (χ4n) is 11.8. The number of rotatable bonds is 2. The smallest absolute Gasteiger partial charge is 0.0594 e. The van der Waals surface area contributed by atoms with Crippen molar-refractivity contribution < 1.29 is 54.3 Å². The van der Waals surface area contributed by atoms with Gasteiger partial charge in [-0.2, -0.15) is 0 Å². The molecule has 5 fully saturated rings. The van der Waals surface area contributed by atoms with Gasteiger partial charge in [0.1, 0.15) is 0 Å². The topological polar surface area (TPSA) is 40.5 Å². The number of aliphatic hydroxyl groups excluding tert-OH is 2. The predicted octanol–water partition coefficient (Wildman–Crippen LogP) is 7.08. The van der Waals surface area contributed by atoms with Gasteiger partial charge in [0.05, 0.1) is 6.10 Å². The summed E-state index contributed by atoms with van der Waals surface area (Å²) in [5.74, 6) is 4.23. The molecule has 2 nitrogen and oxygen atoms in total. The molecule has 5 saturated carbocycles. The van der Waals surface area contributed by atoms with Crippen LogP contribution in [0.1, 0.15) is 113 Å². The minimum Gasteiger partial charge on any atom is -0.396 e. The Morgan fingerprint density at radius 2 is 1.45 bits per heavy atom. The molecule has 3 heteroatoms. The molecule has 5 rings (SSSR count). The van der Waals surface area contributed by atoms with Crippen molar-refractivity contribution in [3.05, 3.63) is 0 Å². The van der Waals surface area contributed by atoms with Gasteiger partial charge in [-0.25, -0.2) is 0 Å². The summed E-state index contributed by atoms with van der Waals surface area (Å²) in [5, 5.41) is 21.0. The largest absolute Gasteiger partial charge is 0.396 e. The second kappa shape index (κ2) is 8.70. The molecular formula is C30H52AcO2. The zero-order valence-corrected chi connectivity index (χ0v) is 27.5. The van der Waals surface area contributed by atoms with Crippen LogP contribution in [0, 0.1) is 107 Å². The normalized spacial score (nSPS) is 55.9. The Morgan fingerprint density at radius 1 is 0.758 bits per heavy atom. The maximum absolute atomic E-state index is 10.9. The molecule has 0 aromatic carbocycles. The van der Waals surface area contributed by atoms with Crippen LogP contribution in [0.4, 0.5) is 0 Å². The van der Waals surface area contributed by atoms with Gasteiger partial charge in [-0.3, -0.25) is 0 Å². The van der Waals surface area contributed by atoms with Gasteiger partial charge in [-0.1, -0.05) is 48.5 Å². The van der Waals surface area contributed by atoms with E-state index in [1.54, 1.807) is 0 Å². The van der Waals surface area contributed by atoms with Crippen molar-refractivity contribution in [1.29, 1.82) is 0 Å². The summed E-state index contributed by atoms with van der Waals surface area (Å²) in [6.45, 7) is 18.1. The van der Waals surface area contributed by atoms with Crippen molar-refractivity contribution in [2.45, 2.75) is 119 Å². The molecule has 0 aromatic heterocycles. The monoisotopic (exact) mass is 671 g/mol. The number of hydrogen-bond donors (Lipinski definition) is 2. The first kappa shape index (κ1) is 27.4. The van der Waals surface area contributed by atoms with Gasteiger partial charge >= 0.3 is 0 Å². The van der Waals surface area contributed by atoms with Crippen molar-refractivity contribution >= 4 is 0 Å². The van der Waals surface area contributed by atoms with Crippen molar-refractivity contribution in [2.24, 2.45) is 62.6 Å². The quantitative estimate of drug-likeness (QED) is 0.330. The number of hydrogen-bond acceptors (Lipinski definition) is 2. The maximum atomic E-state index is 10.9. The van der Waals surface area contributed by atoms with Crippen LogP contribution in [0.5, 0.6) is 0 Å². The van der Waals surface area contributed by atoms with E-state index in [4.69, 9.17) is 0 Å². The molecular weight excluding hydrogens is 619 g/mol. The molecule has 0 bridgehead atoms. The fourth-order valence-corrected chi connectivity index (χ4v) is 11.8. The molecule has 2 N–H and O–H groups in total. The second-order valence-corrected chi connectivity index (χ2v) is 15.1. The van der Waals surface area contributed by atoms with E-state index in [1.807, 2.05) is 0 Å². The van der Waals surface area contributed by atoms with Crippen LogP contribution in [0.3, 0.4) is 0 Å². The molecule has 187 valence electrons. The average Bonchev–Trinajstić information content (AvgIpc) is 3.09. The number of fused-ring (bicyclic) bond motifs is 7. The van der Waals surface area contributed by atoms with Crippen molar-refractivity contribution in [1.82, 2.24) is 0 Å².